The highest BCUT2D eigenvalue weighted by Gasteiger charge is 2.17. The van der Waals surface area contributed by atoms with Crippen LogP contribution in [0, 0.1) is 11.8 Å². The van der Waals surface area contributed by atoms with E-state index in [1.807, 2.05) is 0 Å². The molecule has 0 saturated carbocycles. The Morgan fingerprint density at radius 2 is 1.14 bits per heavy atom. The van der Waals surface area contributed by atoms with Gasteiger partial charge in [-0.25, -0.2) is 0 Å². The summed E-state index contributed by atoms with van der Waals surface area (Å²) in [4.78, 5) is 0. The molecule has 86 valence electrons. The maximum Gasteiger partial charge on any atom is 0.0431 e. The molecule has 0 radical (unpaired) electrons. The molecular weight excluding hydrogens is 176 g/mol. The van der Waals surface area contributed by atoms with Crippen LogP contribution in [0.4, 0.5) is 0 Å². The molecular formula is C12H26O2. The van der Waals surface area contributed by atoms with Crippen molar-refractivity contribution in [3.8, 4) is 0 Å². The lowest BCUT2D eigenvalue weighted by molar-refractivity contribution is 0.211. The van der Waals surface area contributed by atoms with Crippen LogP contribution in [0.1, 0.15) is 52.4 Å². The standard InChI is InChI=1S/C12H26O2/c1-3-11(7-5-9-13)12(4-2)8-6-10-14/h11-14H,3-10H2,1-2H3. The molecule has 0 aliphatic carbocycles. The molecule has 2 unspecified atom stereocenters. The first-order valence-corrected chi connectivity index (χ1v) is 6.01. The minimum absolute atomic E-state index is 0.312. The molecule has 0 aromatic rings. The third kappa shape index (κ3) is 5.61. The Hall–Kier alpha value is -0.0800. The molecule has 2 heteroatoms. The largest absolute Gasteiger partial charge is 0.396 e. The van der Waals surface area contributed by atoms with Crippen LogP contribution in [-0.2, 0) is 0 Å². The van der Waals surface area contributed by atoms with Crippen molar-refractivity contribution in [2.45, 2.75) is 52.4 Å². The molecule has 0 spiro atoms. The summed E-state index contributed by atoms with van der Waals surface area (Å²) in [6, 6.07) is 0. The van der Waals surface area contributed by atoms with Crippen molar-refractivity contribution in [1.82, 2.24) is 0 Å². The zero-order chi connectivity index (χ0) is 10.8. The molecule has 2 N–H and O–H groups in total. The highest BCUT2D eigenvalue weighted by atomic mass is 16.3. The molecule has 0 saturated heterocycles. The first kappa shape index (κ1) is 13.9. The number of rotatable bonds is 9. The topological polar surface area (TPSA) is 40.5 Å². The number of hydrogen-bond acceptors (Lipinski definition) is 2. The summed E-state index contributed by atoms with van der Waals surface area (Å²) in [5.41, 5.74) is 0. The summed E-state index contributed by atoms with van der Waals surface area (Å²) in [6.45, 7) is 5.08. The molecule has 0 aliphatic heterocycles. The van der Waals surface area contributed by atoms with Crippen molar-refractivity contribution < 1.29 is 10.2 Å². The second kappa shape index (κ2) is 9.47. The van der Waals surface area contributed by atoms with Gasteiger partial charge in [-0.05, 0) is 37.5 Å². The summed E-state index contributed by atoms with van der Waals surface area (Å²) in [7, 11) is 0. The van der Waals surface area contributed by atoms with Crippen molar-refractivity contribution in [3.63, 3.8) is 0 Å². The van der Waals surface area contributed by atoms with Crippen LogP contribution in [0.15, 0.2) is 0 Å². The molecule has 0 aliphatic rings. The zero-order valence-corrected chi connectivity index (χ0v) is 9.71. The maximum absolute atomic E-state index is 8.80. The van der Waals surface area contributed by atoms with Gasteiger partial charge in [0.2, 0.25) is 0 Å². The highest BCUT2D eigenvalue weighted by Crippen LogP contribution is 2.27. The molecule has 0 bridgehead atoms. The normalized spacial score (nSPS) is 15.4. The Labute approximate surface area is 88.3 Å². The van der Waals surface area contributed by atoms with E-state index in [1.165, 1.54) is 12.8 Å². The van der Waals surface area contributed by atoms with Crippen molar-refractivity contribution >= 4 is 0 Å². The van der Waals surface area contributed by atoms with Gasteiger partial charge in [-0.2, -0.15) is 0 Å². The Morgan fingerprint density at radius 3 is 1.36 bits per heavy atom. The monoisotopic (exact) mass is 202 g/mol. The Balaban J connectivity index is 3.87. The molecule has 0 aromatic heterocycles. The van der Waals surface area contributed by atoms with Crippen molar-refractivity contribution in [2.75, 3.05) is 13.2 Å². The van der Waals surface area contributed by atoms with Crippen LogP contribution in [0.3, 0.4) is 0 Å². The van der Waals surface area contributed by atoms with E-state index in [-0.39, 0.29) is 0 Å². The van der Waals surface area contributed by atoms with E-state index in [9.17, 15) is 0 Å². The third-order valence-corrected chi connectivity index (χ3v) is 3.18. The lowest BCUT2D eigenvalue weighted by Crippen LogP contribution is -2.14. The summed E-state index contributed by atoms with van der Waals surface area (Å²) >= 11 is 0. The zero-order valence-electron chi connectivity index (χ0n) is 9.71. The quantitative estimate of drug-likeness (QED) is 0.603. The van der Waals surface area contributed by atoms with Crippen LogP contribution >= 0.6 is 0 Å². The van der Waals surface area contributed by atoms with E-state index in [0.29, 0.717) is 13.2 Å². The first-order chi connectivity index (χ1) is 6.79. The van der Waals surface area contributed by atoms with Gasteiger partial charge in [0.25, 0.3) is 0 Å². The van der Waals surface area contributed by atoms with E-state index in [4.69, 9.17) is 10.2 Å². The number of aliphatic hydroxyl groups excluding tert-OH is 2. The van der Waals surface area contributed by atoms with Gasteiger partial charge in [0.15, 0.2) is 0 Å². The highest BCUT2D eigenvalue weighted by molar-refractivity contribution is 4.68. The molecule has 14 heavy (non-hydrogen) atoms. The fourth-order valence-electron chi connectivity index (χ4n) is 2.25. The van der Waals surface area contributed by atoms with E-state index in [1.54, 1.807) is 0 Å². The Kier molecular flexibility index (Phi) is 9.42. The number of hydrogen-bond donors (Lipinski definition) is 2. The van der Waals surface area contributed by atoms with Gasteiger partial charge < -0.3 is 10.2 Å². The second-order valence-corrected chi connectivity index (χ2v) is 4.07. The molecule has 0 fully saturated rings. The average Bonchev–Trinajstić information content (AvgIpc) is 2.23. The smallest absolute Gasteiger partial charge is 0.0431 e. The van der Waals surface area contributed by atoms with Crippen LogP contribution in [-0.4, -0.2) is 23.4 Å². The SMILES string of the molecule is CCC(CCCO)C(CC)CCCO. The Bertz CT molecular complexity index is 101. The third-order valence-electron chi connectivity index (χ3n) is 3.18. The van der Waals surface area contributed by atoms with Gasteiger partial charge in [-0.1, -0.05) is 26.7 Å². The molecule has 2 atom stereocenters. The van der Waals surface area contributed by atoms with Crippen LogP contribution < -0.4 is 0 Å². The van der Waals surface area contributed by atoms with Gasteiger partial charge in [0, 0.05) is 13.2 Å². The lowest BCUT2D eigenvalue weighted by atomic mass is 9.82. The minimum Gasteiger partial charge on any atom is -0.396 e. The average molecular weight is 202 g/mol. The Morgan fingerprint density at radius 1 is 0.786 bits per heavy atom. The summed E-state index contributed by atoms with van der Waals surface area (Å²) in [5.74, 6) is 1.47. The van der Waals surface area contributed by atoms with Crippen molar-refractivity contribution in [3.05, 3.63) is 0 Å². The van der Waals surface area contributed by atoms with Gasteiger partial charge in [-0.15, -0.1) is 0 Å². The summed E-state index contributed by atoms with van der Waals surface area (Å²) in [5, 5.41) is 17.6. The molecule has 0 heterocycles. The predicted octanol–water partition coefficient (Wildman–Crippen LogP) is 2.58. The van der Waals surface area contributed by atoms with Crippen LogP contribution in [0.2, 0.25) is 0 Å². The van der Waals surface area contributed by atoms with Crippen LogP contribution in [0.25, 0.3) is 0 Å². The van der Waals surface area contributed by atoms with Gasteiger partial charge in [-0.3, -0.25) is 0 Å². The molecule has 0 rings (SSSR count). The summed E-state index contributed by atoms with van der Waals surface area (Å²) in [6.07, 6.45) is 6.52. The first-order valence-electron chi connectivity index (χ1n) is 6.01. The van der Waals surface area contributed by atoms with Crippen molar-refractivity contribution in [1.29, 1.82) is 0 Å². The minimum atomic E-state index is 0.312. The fraction of sp³-hybridized carbons (Fsp3) is 1.00. The van der Waals surface area contributed by atoms with Gasteiger partial charge >= 0.3 is 0 Å². The van der Waals surface area contributed by atoms with E-state index < -0.39 is 0 Å². The molecule has 2 nitrogen and oxygen atoms in total. The van der Waals surface area contributed by atoms with Crippen LogP contribution in [0.5, 0.6) is 0 Å². The number of aliphatic hydroxyl groups is 2. The summed E-state index contributed by atoms with van der Waals surface area (Å²) < 4.78 is 0. The lowest BCUT2D eigenvalue weighted by Gasteiger charge is -2.24. The second-order valence-electron chi connectivity index (χ2n) is 4.07. The molecule has 0 amide bonds. The van der Waals surface area contributed by atoms with Crippen molar-refractivity contribution in [2.24, 2.45) is 11.8 Å². The van der Waals surface area contributed by atoms with Gasteiger partial charge in [0.05, 0.1) is 0 Å². The fourth-order valence-corrected chi connectivity index (χ4v) is 2.25. The van der Waals surface area contributed by atoms with Gasteiger partial charge in [0.1, 0.15) is 0 Å². The molecule has 0 aromatic carbocycles. The predicted molar refractivity (Wildman–Crippen MR) is 60.2 cm³/mol. The van der Waals surface area contributed by atoms with E-state index in [0.717, 1.165) is 37.5 Å². The van der Waals surface area contributed by atoms with E-state index >= 15 is 0 Å². The van der Waals surface area contributed by atoms with E-state index in [2.05, 4.69) is 13.8 Å². The maximum atomic E-state index is 8.80.